The van der Waals surface area contributed by atoms with Gasteiger partial charge in [-0.15, -0.1) is 0 Å². The molecule has 128 valence electrons. The lowest BCUT2D eigenvalue weighted by molar-refractivity contribution is -0.136. The Morgan fingerprint density at radius 3 is 2.52 bits per heavy atom. The highest BCUT2D eigenvalue weighted by Crippen LogP contribution is 2.31. The molecule has 6 nitrogen and oxygen atoms in total. The molecule has 1 unspecified atom stereocenters. The van der Waals surface area contributed by atoms with Gasteiger partial charge in [-0.05, 0) is 39.5 Å². The molecule has 1 aliphatic carbocycles. The van der Waals surface area contributed by atoms with Crippen LogP contribution in [0.25, 0.3) is 0 Å². The van der Waals surface area contributed by atoms with Gasteiger partial charge in [-0.25, -0.2) is 9.48 Å². The van der Waals surface area contributed by atoms with Crippen LogP contribution in [0.4, 0.5) is 0 Å². The van der Waals surface area contributed by atoms with Crippen molar-refractivity contribution < 1.29 is 4.79 Å². The van der Waals surface area contributed by atoms with Gasteiger partial charge in [-0.3, -0.25) is 9.36 Å². The number of carbonyl (C=O) groups is 1. The lowest BCUT2D eigenvalue weighted by Gasteiger charge is -2.34. The molecular formula is C17H28N4O2. The number of likely N-dealkylation sites (tertiary alicyclic amines) is 1. The van der Waals surface area contributed by atoms with Crippen molar-refractivity contribution in [2.45, 2.75) is 64.3 Å². The summed E-state index contributed by atoms with van der Waals surface area (Å²) < 4.78 is 3.21. The van der Waals surface area contributed by atoms with Gasteiger partial charge < -0.3 is 4.90 Å². The molecule has 23 heavy (non-hydrogen) atoms. The number of aryl methyl sites for hydroxylation is 1. The van der Waals surface area contributed by atoms with Crippen LogP contribution in [0.15, 0.2) is 4.79 Å². The summed E-state index contributed by atoms with van der Waals surface area (Å²) in [6.07, 6.45) is 6.44. The molecule has 1 amide bonds. The average molecular weight is 320 g/mol. The molecule has 2 heterocycles. The van der Waals surface area contributed by atoms with Crippen LogP contribution in [0.5, 0.6) is 0 Å². The molecular weight excluding hydrogens is 292 g/mol. The zero-order valence-corrected chi connectivity index (χ0v) is 14.5. The van der Waals surface area contributed by atoms with Crippen LogP contribution in [0.1, 0.15) is 70.2 Å². The van der Waals surface area contributed by atoms with Crippen LogP contribution < -0.4 is 5.69 Å². The minimum Gasteiger partial charge on any atom is -0.342 e. The van der Waals surface area contributed by atoms with E-state index in [9.17, 15) is 9.59 Å². The number of amides is 1. The standard InChI is InChI=1S/C17H28N4O2/c1-12(2)21-15(18-19(3)17(21)23)14-9-6-10-20(11-14)16(22)13-7-4-5-8-13/h12-14H,4-11H2,1-3H3. The van der Waals surface area contributed by atoms with E-state index in [4.69, 9.17) is 0 Å². The number of aromatic nitrogens is 3. The molecule has 0 bridgehead atoms. The summed E-state index contributed by atoms with van der Waals surface area (Å²) in [5.74, 6) is 1.56. The first-order valence-electron chi connectivity index (χ1n) is 8.93. The van der Waals surface area contributed by atoms with Gasteiger partial charge >= 0.3 is 5.69 Å². The Morgan fingerprint density at radius 1 is 1.17 bits per heavy atom. The summed E-state index contributed by atoms with van der Waals surface area (Å²) in [5, 5.41) is 4.48. The van der Waals surface area contributed by atoms with Crippen molar-refractivity contribution in [3.63, 3.8) is 0 Å². The fraction of sp³-hybridized carbons (Fsp3) is 0.824. The largest absolute Gasteiger partial charge is 0.345 e. The molecule has 0 spiro atoms. The summed E-state index contributed by atoms with van der Waals surface area (Å²) in [4.78, 5) is 27.0. The van der Waals surface area contributed by atoms with Crippen LogP contribution in [0.2, 0.25) is 0 Å². The molecule has 1 saturated carbocycles. The molecule has 0 N–H and O–H groups in total. The zero-order valence-electron chi connectivity index (χ0n) is 14.5. The molecule has 0 aromatic carbocycles. The maximum absolute atomic E-state index is 12.7. The second kappa shape index (κ2) is 6.49. The predicted octanol–water partition coefficient (Wildman–Crippen LogP) is 2.06. The van der Waals surface area contributed by atoms with Crippen molar-refractivity contribution in [2.75, 3.05) is 13.1 Å². The first-order valence-corrected chi connectivity index (χ1v) is 8.93. The second-order valence-electron chi connectivity index (χ2n) is 7.33. The number of nitrogens with zero attached hydrogens (tertiary/aromatic N) is 4. The van der Waals surface area contributed by atoms with Gasteiger partial charge in [0.25, 0.3) is 0 Å². The molecule has 1 aliphatic heterocycles. The lowest BCUT2D eigenvalue weighted by Crippen LogP contribution is -2.42. The molecule has 1 aromatic rings. The molecule has 1 atom stereocenters. The molecule has 0 radical (unpaired) electrons. The molecule has 2 fully saturated rings. The maximum atomic E-state index is 12.7. The molecule has 2 aliphatic rings. The second-order valence-corrected chi connectivity index (χ2v) is 7.33. The fourth-order valence-corrected chi connectivity index (χ4v) is 4.08. The van der Waals surface area contributed by atoms with Crippen molar-refractivity contribution in [1.82, 2.24) is 19.2 Å². The van der Waals surface area contributed by atoms with Crippen molar-refractivity contribution in [3.05, 3.63) is 16.3 Å². The van der Waals surface area contributed by atoms with E-state index >= 15 is 0 Å². The van der Waals surface area contributed by atoms with Crippen molar-refractivity contribution in [2.24, 2.45) is 13.0 Å². The minimum absolute atomic E-state index is 0.0609. The number of carbonyl (C=O) groups excluding carboxylic acids is 1. The maximum Gasteiger partial charge on any atom is 0.345 e. The van der Waals surface area contributed by atoms with E-state index in [0.29, 0.717) is 12.5 Å². The first kappa shape index (κ1) is 16.3. The molecule has 6 heteroatoms. The smallest absolute Gasteiger partial charge is 0.342 e. The van der Waals surface area contributed by atoms with E-state index in [2.05, 4.69) is 5.10 Å². The van der Waals surface area contributed by atoms with Crippen LogP contribution in [-0.2, 0) is 11.8 Å². The highest BCUT2D eigenvalue weighted by atomic mass is 16.2. The van der Waals surface area contributed by atoms with E-state index in [0.717, 1.165) is 38.1 Å². The van der Waals surface area contributed by atoms with E-state index < -0.39 is 0 Å². The predicted molar refractivity (Wildman–Crippen MR) is 88.4 cm³/mol. The van der Waals surface area contributed by atoms with Gasteiger partial charge in [0.1, 0.15) is 5.82 Å². The van der Waals surface area contributed by atoms with Gasteiger partial charge in [-0.1, -0.05) is 12.8 Å². The van der Waals surface area contributed by atoms with Gasteiger partial charge in [-0.2, -0.15) is 5.10 Å². The Balaban J connectivity index is 1.80. The normalized spacial score (nSPS) is 23.0. The summed E-state index contributed by atoms with van der Waals surface area (Å²) >= 11 is 0. The minimum atomic E-state index is -0.0609. The van der Waals surface area contributed by atoms with Crippen LogP contribution in [0.3, 0.4) is 0 Å². The van der Waals surface area contributed by atoms with E-state index in [-0.39, 0.29) is 23.6 Å². The van der Waals surface area contributed by atoms with Crippen LogP contribution in [0, 0.1) is 5.92 Å². The van der Waals surface area contributed by atoms with E-state index in [1.807, 2.05) is 18.7 Å². The Labute approximate surface area is 137 Å². The molecule has 1 aromatic heterocycles. The van der Waals surface area contributed by atoms with Crippen LogP contribution >= 0.6 is 0 Å². The summed E-state index contributed by atoms with van der Waals surface area (Å²) in [7, 11) is 1.70. The number of hydrogen-bond acceptors (Lipinski definition) is 3. The zero-order chi connectivity index (χ0) is 16.6. The Morgan fingerprint density at radius 2 is 1.87 bits per heavy atom. The van der Waals surface area contributed by atoms with Crippen molar-refractivity contribution >= 4 is 5.91 Å². The summed E-state index contributed by atoms with van der Waals surface area (Å²) in [6, 6.07) is 0.0899. The highest BCUT2D eigenvalue weighted by Gasteiger charge is 2.33. The quantitative estimate of drug-likeness (QED) is 0.856. The topological polar surface area (TPSA) is 60.1 Å². The number of hydrogen-bond donors (Lipinski definition) is 0. The number of piperidine rings is 1. The monoisotopic (exact) mass is 320 g/mol. The molecule has 3 rings (SSSR count). The number of rotatable bonds is 3. The lowest BCUT2D eigenvalue weighted by atomic mass is 9.95. The van der Waals surface area contributed by atoms with Crippen molar-refractivity contribution in [3.8, 4) is 0 Å². The SMILES string of the molecule is CC(C)n1c(C2CCCN(C(=O)C3CCCC3)C2)nn(C)c1=O. The van der Waals surface area contributed by atoms with Gasteiger partial charge in [0.2, 0.25) is 5.91 Å². The van der Waals surface area contributed by atoms with E-state index in [1.165, 1.54) is 17.5 Å². The van der Waals surface area contributed by atoms with Gasteiger partial charge in [0, 0.05) is 38.0 Å². The highest BCUT2D eigenvalue weighted by molar-refractivity contribution is 5.79. The fourth-order valence-electron chi connectivity index (χ4n) is 4.08. The third-order valence-electron chi connectivity index (χ3n) is 5.30. The van der Waals surface area contributed by atoms with Crippen LogP contribution in [-0.4, -0.2) is 38.2 Å². The first-order chi connectivity index (χ1) is 11.0. The summed E-state index contributed by atoms with van der Waals surface area (Å²) in [5.41, 5.74) is -0.0609. The molecule has 1 saturated heterocycles. The third kappa shape index (κ3) is 3.08. The van der Waals surface area contributed by atoms with E-state index in [1.54, 1.807) is 11.6 Å². The Bertz CT molecular complexity index is 625. The van der Waals surface area contributed by atoms with Gasteiger partial charge in [0.05, 0.1) is 0 Å². The van der Waals surface area contributed by atoms with Crippen molar-refractivity contribution in [1.29, 1.82) is 0 Å². The average Bonchev–Trinajstić information content (AvgIpc) is 3.16. The Kier molecular flexibility index (Phi) is 4.60. The van der Waals surface area contributed by atoms with Gasteiger partial charge in [0.15, 0.2) is 0 Å². The third-order valence-corrected chi connectivity index (χ3v) is 5.30. The Hall–Kier alpha value is -1.59. The summed E-state index contributed by atoms with van der Waals surface area (Å²) in [6.45, 7) is 5.58.